The fourth-order valence-corrected chi connectivity index (χ4v) is 9.90. The summed E-state index contributed by atoms with van der Waals surface area (Å²) in [6.07, 6.45) is -1.16. The predicted octanol–water partition coefficient (Wildman–Crippen LogP) is 6.30. The Morgan fingerprint density at radius 2 is 1.51 bits per heavy atom. The van der Waals surface area contributed by atoms with E-state index in [2.05, 4.69) is 25.9 Å². The molecule has 4 unspecified atom stereocenters. The standard InChI is InChI=1S/C47H49N7O12S2/c1-25-23-54(43(57)36-21-27-19-28(12-14-33(27)52-36)50-42(56)35-20-26-7-2-5-10-32(26)51-35)38-22-39(29-8-3-4-9-30(29)41(25)38)66-47(64)65-17-18-67-68-24-37(46(62)63)49-16-6-11-34(45(60)61)53-40(55)15-13-31(48)44(58)59/h2-5,7-10,12,14,19-22,25,31,34,37,49,51-52H,6,11,13,15-18,23-24,48H2,1H3,(H,50,56)(H,53,55)(H,58,59)(H,60,61)(H,62,63). The third kappa shape index (κ3) is 11.9. The first-order valence-corrected chi connectivity index (χ1v) is 24.1. The van der Waals surface area contributed by atoms with Gasteiger partial charge < -0.3 is 61.3 Å². The fraction of sp³-hybridized carbons (Fsp3) is 0.298. The van der Waals surface area contributed by atoms with E-state index in [0.717, 1.165) is 27.2 Å². The van der Waals surface area contributed by atoms with Crippen molar-refractivity contribution >= 4 is 107 Å². The zero-order valence-electron chi connectivity index (χ0n) is 36.6. The molecule has 68 heavy (non-hydrogen) atoms. The topological polar surface area (TPSA) is 296 Å². The number of para-hydroxylation sites is 1. The molecule has 1 aliphatic rings. The SMILES string of the molecule is CC1CN(C(=O)c2cc3cc(NC(=O)c4cc5ccccc5[nH]4)ccc3[nH]2)c2cc(OC(=O)OCCSSCC(NCCCC(NC(=O)CCC(N)C(=O)O)C(=O)O)C(=O)O)c3ccccc3c21. The van der Waals surface area contributed by atoms with Crippen LogP contribution in [0, 0.1) is 0 Å². The van der Waals surface area contributed by atoms with Gasteiger partial charge >= 0.3 is 24.1 Å². The molecule has 19 nitrogen and oxygen atoms in total. The van der Waals surface area contributed by atoms with Crippen LogP contribution >= 0.6 is 21.6 Å². The first-order chi connectivity index (χ1) is 32.7. The molecule has 0 aliphatic carbocycles. The number of hydrogen-bond acceptors (Lipinski definition) is 13. The highest BCUT2D eigenvalue weighted by Gasteiger charge is 2.34. The van der Waals surface area contributed by atoms with Gasteiger partial charge in [-0.2, -0.15) is 0 Å². The Kier molecular flexibility index (Phi) is 15.9. The average molecular weight is 968 g/mol. The summed E-state index contributed by atoms with van der Waals surface area (Å²) < 4.78 is 11.1. The second-order valence-corrected chi connectivity index (χ2v) is 18.7. The van der Waals surface area contributed by atoms with Crippen LogP contribution < -0.4 is 31.3 Å². The number of fused-ring (bicyclic) bond motifs is 5. The summed E-state index contributed by atoms with van der Waals surface area (Å²) in [5.41, 5.74) is 9.78. The van der Waals surface area contributed by atoms with Crippen LogP contribution in [0.3, 0.4) is 0 Å². The molecule has 1 aliphatic heterocycles. The lowest BCUT2D eigenvalue weighted by Crippen LogP contribution is -2.43. The number of rotatable bonds is 22. The minimum absolute atomic E-state index is 0.00182. The smallest absolute Gasteiger partial charge is 0.480 e. The van der Waals surface area contributed by atoms with E-state index < -0.39 is 48.1 Å². The largest absolute Gasteiger partial charge is 0.513 e. The number of carbonyl (C=O) groups is 7. The van der Waals surface area contributed by atoms with Gasteiger partial charge in [0.2, 0.25) is 5.91 Å². The van der Waals surface area contributed by atoms with Crippen molar-refractivity contribution in [2.75, 3.05) is 41.4 Å². The summed E-state index contributed by atoms with van der Waals surface area (Å²) in [7, 11) is 2.51. The summed E-state index contributed by atoms with van der Waals surface area (Å²) in [5.74, 6) is -4.33. The summed E-state index contributed by atoms with van der Waals surface area (Å²) in [6.45, 7) is 2.49. The molecule has 356 valence electrons. The number of amides is 3. The summed E-state index contributed by atoms with van der Waals surface area (Å²) in [4.78, 5) is 94.8. The van der Waals surface area contributed by atoms with Gasteiger partial charge in [0, 0.05) is 69.3 Å². The van der Waals surface area contributed by atoms with Gasteiger partial charge in [-0.3, -0.25) is 24.0 Å². The molecule has 0 fully saturated rings. The number of H-pyrrole nitrogens is 2. The molecular weight excluding hydrogens is 919 g/mol. The molecule has 3 amide bonds. The van der Waals surface area contributed by atoms with E-state index in [4.69, 9.17) is 20.3 Å². The average Bonchev–Trinajstić information content (AvgIpc) is 4.04. The number of nitrogens with zero attached hydrogens (tertiary/aromatic N) is 1. The Labute approximate surface area is 396 Å². The van der Waals surface area contributed by atoms with Crippen molar-refractivity contribution in [3.05, 3.63) is 102 Å². The van der Waals surface area contributed by atoms with Crippen molar-refractivity contribution in [1.29, 1.82) is 0 Å². The molecule has 3 heterocycles. The van der Waals surface area contributed by atoms with E-state index >= 15 is 0 Å². The number of nitrogens with two attached hydrogens (primary N) is 1. The van der Waals surface area contributed by atoms with Crippen LogP contribution in [0.5, 0.6) is 5.75 Å². The molecule has 0 saturated carbocycles. The van der Waals surface area contributed by atoms with Crippen LogP contribution in [0.2, 0.25) is 0 Å². The van der Waals surface area contributed by atoms with Gasteiger partial charge in [0.1, 0.15) is 41.9 Å². The van der Waals surface area contributed by atoms with Gasteiger partial charge in [0.15, 0.2) is 0 Å². The van der Waals surface area contributed by atoms with E-state index in [-0.39, 0.29) is 68.1 Å². The van der Waals surface area contributed by atoms with E-state index in [1.807, 2.05) is 55.5 Å². The Morgan fingerprint density at radius 1 is 0.809 bits per heavy atom. The van der Waals surface area contributed by atoms with Gasteiger partial charge in [0.05, 0.1) is 5.69 Å². The maximum absolute atomic E-state index is 14.2. The maximum atomic E-state index is 14.2. The summed E-state index contributed by atoms with van der Waals surface area (Å²) in [6, 6.07) is 22.1. The van der Waals surface area contributed by atoms with E-state index in [1.165, 1.54) is 21.6 Å². The molecule has 6 aromatic rings. The minimum Gasteiger partial charge on any atom is -0.480 e. The normalized spacial score (nSPS) is 14.6. The number of benzene rings is 4. The Hall–Kier alpha value is -7.07. The van der Waals surface area contributed by atoms with Crippen LogP contribution in [0.1, 0.15) is 65.1 Å². The monoisotopic (exact) mass is 967 g/mol. The number of ether oxygens (including phenoxy) is 2. The van der Waals surface area contributed by atoms with Crippen LogP contribution in [-0.4, -0.2) is 116 Å². The molecule has 2 aromatic heterocycles. The minimum atomic E-state index is -1.28. The number of carboxylic acid groups (broad SMARTS) is 3. The Bertz CT molecular complexity index is 2850. The lowest BCUT2D eigenvalue weighted by molar-refractivity contribution is -0.142. The molecule has 0 bridgehead atoms. The second kappa shape index (κ2) is 22.2. The fourth-order valence-electron chi connectivity index (χ4n) is 7.88. The van der Waals surface area contributed by atoms with Crippen LogP contribution in [0.25, 0.3) is 32.6 Å². The van der Waals surface area contributed by atoms with E-state index in [0.29, 0.717) is 46.0 Å². The van der Waals surface area contributed by atoms with Crippen molar-refractivity contribution in [3.8, 4) is 5.75 Å². The molecule has 4 aromatic carbocycles. The number of carbonyl (C=O) groups excluding carboxylic acids is 4. The molecule has 7 rings (SSSR count). The summed E-state index contributed by atoms with van der Waals surface area (Å²) >= 11 is 0. The quantitative estimate of drug-likeness (QED) is 0.0156. The summed E-state index contributed by atoms with van der Waals surface area (Å²) in [5, 5.41) is 39.3. The highest BCUT2D eigenvalue weighted by Crippen LogP contribution is 2.45. The van der Waals surface area contributed by atoms with Crippen LogP contribution in [0.15, 0.2) is 84.9 Å². The third-order valence-electron chi connectivity index (χ3n) is 11.3. The Morgan fingerprint density at radius 3 is 2.26 bits per heavy atom. The lowest BCUT2D eigenvalue weighted by atomic mass is 9.95. The highest BCUT2D eigenvalue weighted by molar-refractivity contribution is 8.76. The first-order valence-electron chi connectivity index (χ1n) is 21.6. The zero-order valence-corrected chi connectivity index (χ0v) is 38.2. The molecule has 0 saturated heterocycles. The van der Waals surface area contributed by atoms with Crippen molar-refractivity contribution in [2.24, 2.45) is 5.73 Å². The van der Waals surface area contributed by atoms with E-state index in [9.17, 15) is 43.8 Å². The highest BCUT2D eigenvalue weighted by atomic mass is 33.1. The number of aliphatic carboxylic acids is 3. The molecule has 0 radical (unpaired) electrons. The molecule has 4 atom stereocenters. The van der Waals surface area contributed by atoms with Crippen molar-refractivity contribution in [1.82, 2.24) is 20.6 Å². The molecular formula is C47H49N7O12S2. The van der Waals surface area contributed by atoms with Gasteiger partial charge in [-0.1, -0.05) is 71.0 Å². The zero-order chi connectivity index (χ0) is 48.5. The van der Waals surface area contributed by atoms with Crippen molar-refractivity contribution < 1.29 is 58.4 Å². The van der Waals surface area contributed by atoms with Crippen molar-refractivity contribution in [2.45, 2.75) is 56.7 Å². The number of nitrogens with one attached hydrogen (secondary N) is 5. The van der Waals surface area contributed by atoms with Gasteiger partial charge in [0.25, 0.3) is 11.8 Å². The maximum Gasteiger partial charge on any atom is 0.513 e. The number of carboxylic acids is 3. The molecule has 21 heteroatoms. The molecule has 10 N–H and O–H groups in total. The second-order valence-electron chi connectivity index (χ2n) is 16.1. The van der Waals surface area contributed by atoms with Crippen LogP contribution in [-0.2, 0) is 23.9 Å². The Balaban J connectivity index is 0.897. The lowest BCUT2D eigenvalue weighted by Gasteiger charge is -2.18. The number of aromatic amines is 2. The van der Waals surface area contributed by atoms with Crippen LogP contribution in [0.4, 0.5) is 16.2 Å². The molecule has 0 spiro atoms. The predicted molar refractivity (Wildman–Crippen MR) is 259 cm³/mol. The number of hydrogen-bond donors (Lipinski definition) is 9. The third-order valence-corrected chi connectivity index (χ3v) is 13.7. The van der Waals surface area contributed by atoms with Crippen molar-refractivity contribution in [3.63, 3.8) is 0 Å². The van der Waals surface area contributed by atoms with Gasteiger partial charge in [-0.25, -0.2) is 9.59 Å². The van der Waals surface area contributed by atoms with E-state index in [1.54, 1.807) is 41.3 Å². The number of anilines is 2. The van der Waals surface area contributed by atoms with Gasteiger partial charge in [-0.15, -0.1) is 0 Å². The first kappa shape index (κ1) is 48.9. The number of aromatic nitrogens is 2. The van der Waals surface area contributed by atoms with Gasteiger partial charge in [-0.05, 0) is 73.2 Å².